The third-order valence-corrected chi connectivity index (χ3v) is 4.88. The second-order valence-corrected chi connectivity index (χ2v) is 6.65. The van der Waals surface area contributed by atoms with Gasteiger partial charge in [0.1, 0.15) is 10.7 Å². The Morgan fingerprint density at radius 2 is 1.96 bits per heavy atom. The van der Waals surface area contributed by atoms with Crippen molar-refractivity contribution >= 4 is 23.2 Å². The standard InChI is InChI=1S/C17H20N4O2S/c18-8-15-20-14(11-24-15)17(23)19-7-3-6-16(22)21-9-12-4-1-2-5-13(12)10-21/h1-2,4-5,11H,3,6-10,18H2,(H,19,23). The third kappa shape index (κ3) is 3.80. The fourth-order valence-corrected chi connectivity index (χ4v) is 3.36. The number of nitrogens with two attached hydrogens (primary N) is 1. The molecule has 7 heteroatoms. The summed E-state index contributed by atoms with van der Waals surface area (Å²) >= 11 is 1.38. The number of fused-ring (bicyclic) bond motifs is 1. The van der Waals surface area contributed by atoms with Crippen LogP contribution in [0.15, 0.2) is 29.6 Å². The minimum atomic E-state index is -0.216. The number of carbonyl (C=O) groups is 2. The van der Waals surface area contributed by atoms with Gasteiger partial charge in [0.05, 0.1) is 0 Å². The Bertz CT molecular complexity index is 719. The van der Waals surface area contributed by atoms with Gasteiger partial charge >= 0.3 is 0 Å². The largest absolute Gasteiger partial charge is 0.351 e. The molecule has 1 aromatic heterocycles. The molecule has 0 aliphatic carbocycles. The molecule has 0 saturated carbocycles. The molecule has 0 fully saturated rings. The van der Waals surface area contributed by atoms with Crippen molar-refractivity contribution in [1.82, 2.24) is 15.2 Å². The number of hydrogen-bond donors (Lipinski definition) is 2. The molecule has 126 valence electrons. The Morgan fingerprint density at radius 3 is 2.58 bits per heavy atom. The second-order valence-electron chi connectivity index (χ2n) is 5.71. The van der Waals surface area contributed by atoms with Crippen molar-refractivity contribution < 1.29 is 9.59 Å². The van der Waals surface area contributed by atoms with Crippen molar-refractivity contribution in [2.45, 2.75) is 32.5 Å². The zero-order valence-electron chi connectivity index (χ0n) is 13.3. The lowest BCUT2D eigenvalue weighted by molar-refractivity contribution is -0.131. The molecular weight excluding hydrogens is 324 g/mol. The first-order valence-electron chi connectivity index (χ1n) is 7.94. The van der Waals surface area contributed by atoms with E-state index in [0.717, 1.165) is 5.01 Å². The number of nitrogens with zero attached hydrogens (tertiary/aromatic N) is 2. The van der Waals surface area contributed by atoms with E-state index in [1.807, 2.05) is 17.0 Å². The van der Waals surface area contributed by atoms with Crippen molar-refractivity contribution in [2.75, 3.05) is 6.54 Å². The van der Waals surface area contributed by atoms with Crippen molar-refractivity contribution in [3.8, 4) is 0 Å². The summed E-state index contributed by atoms with van der Waals surface area (Å²) in [5.41, 5.74) is 8.32. The van der Waals surface area contributed by atoms with Crippen LogP contribution < -0.4 is 11.1 Å². The van der Waals surface area contributed by atoms with Gasteiger partial charge in [0.25, 0.3) is 5.91 Å². The smallest absolute Gasteiger partial charge is 0.270 e. The van der Waals surface area contributed by atoms with E-state index in [4.69, 9.17) is 5.73 Å². The van der Waals surface area contributed by atoms with E-state index in [-0.39, 0.29) is 11.8 Å². The average molecular weight is 344 g/mol. The lowest BCUT2D eigenvalue weighted by Gasteiger charge is -2.15. The van der Waals surface area contributed by atoms with Crippen LogP contribution in [0.5, 0.6) is 0 Å². The highest BCUT2D eigenvalue weighted by molar-refractivity contribution is 7.09. The van der Waals surface area contributed by atoms with E-state index >= 15 is 0 Å². The van der Waals surface area contributed by atoms with Crippen LogP contribution >= 0.6 is 11.3 Å². The third-order valence-electron chi connectivity index (χ3n) is 4.01. The summed E-state index contributed by atoms with van der Waals surface area (Å²) in [6, 6.07) is 8.12. The van der Waals surface area contributed by atoms with E-state index in [0.29, 0.717) is 44.7 Å². The molecule has 2 amide bonds. The normalized spacial score (nSPS) is 13.0. The molecule has 1 aliphatic rings. The molecular formula is C17H20N4O2S. The SMILES string of the molecule is NCc1nc(C(=O)NCCCC(=O)N2Cc3ccccc3C2)cs1. The zero-order chi connectivity index (χ0) is 16.9. The maximum absolute atomic E-state index is 12.3. The van der Waals surface area contributed by atoms with Crippen LogP contribution in [-0.4, -0.2) is 28.2 Å². The molecule has 2 heterocycles. The molecule has 3 N–H and O–H groups in total. The molecule has 1 aromatic carbocycles. The first kappa shape index (κ1) is 16.6. The average Bonchev–Trinajstić information content (AvgIpc) is 3.24. The highest BCUT2D eigenvalue weighted by Gasteiger charge is 2.22. The van der Waals surface area contributed by atoms with Gasteiger partial charge in [-0.2, -0.15) is 0 Å². The van der Waals surface area contributed by atoms with Gasteiger partial charge in [-0.25, -0.2) is 4.98 Å². The maximum Gasteiger partial charge on any atom is 0.270 e. The summed E-state index contributed by atoms with van der Waals surface area (Å²) < 4.78 is 0. The molecule has 0 bridgehead atoms. The van der Waals surface area contributed by atoms with Gasteiger partial charge in [-0.1, -0.05) is 24.3 Å². The van der Waals surface area contributed by atoms with Crippen LogP contribution in [0, 0.1) is 0 Å². The summed E-state index contributed by atoms with van der Waals surface area (Å²) in [7, 11) is 0. The number of nitrogens with one attached hydrogen (secondary N) is 1. The van der Waals surface area contributed by atoms with Crippen LogP contribution in [-0.2, 0) is 24.4 Å². The van der Waals surface area contributed by atoms with Crippen molar-refractivity contribution in [2.24, 2.45) is 5.73 Å². The van der Waals surface area contributed by atoms with Gasteiger partial charge < -0.3 is 16.0 Å². The lowest BCUT2D eigenvalue weighted by Crippen LogP contribution is -2.28. The Balaban J connectivity index is 1.39. The summed E-state index contributed by atoms with van der Waals surface area (Å²) in [5.74, 6) is -0.0912. The maximum atomic E-state index is 12.3. The molecule has 0 spiro atoms. The van der Waals surface area contributed by atoms with Crippen molar-refractivity contribution in [3.63, 3.8) is 0 Å². The van der Waals surface area contributed by atoms with Crippen molar-refractivity contribution in [3.05, 3.63) is 51.5 Å². The van der Waals surface area contributed by atoms with E-state index in [1.165, 1.54) is 22.5 Å². The van der Waals surface area contributed by atoms with Gasteiger partial charge in [-0.05, 0) is 17.5 Å². The topological polar surface area (TPSA) is 88.3 Å². The minimum Gasteiger partial charge on any atom is -0.351 e. The summed E-state index contributed by atoms with van der Waals surface area (Å²) in [6.07, 6.45) is 1.05. The molecule has 0 radical (unpaired) electrons. The van der Waals surface area contributed by atoms with Gasteiger partial charge in [0, 0.05) is 38.0 Å². The molecule has 0 atom stereocenters. The van der Waals surface area contributed by atoms with E-state index in [2.05, 4.69) is 22.4 Å². The van der Waals surface area contributed by atoms with Crippen LogP contribution in [0.4, 0.5) is 0 Å². The summed E-state index contributed by atoms with van der Waals surface area (Å²) in [5, 5.41) is 5.23. The predicted molar refractivity (Wildman–Crippen MR) is 92.3 cm³/mol. The van der Waals surface area contributed by atoms with E-state index < -0.39 is 0 Å². The number of benzene rings is 1. The van der Waals surface area contributed by atoms with Gasteiger partial charge in [-0.3, -0.25) is 9.59 Å². The van der Waals surface area contributed by atoms with Crippen LogP contribution in [0.3, 0.4) is 0 Å². The van der Waals surface area contributed by atoms with Crippen LogP contribution in [0.1, 0.15) is 39.5 Å². The number of amides is 2. The van der Waals surface area contributed by atoms with Gasteiger partial charge in [0.15, 0.2) is 0 Å². The molecule has 6 nitrogen and oxygen atoms in total. The highest BCUT2D eigenvalue weighted by Crippen LogP contribution is 2.22. The summed E-state index contributed by atoms with van der Waals surface area (Å²) in [4.78, 5) is 30.2. The van der Waals surface area contributed by atoms with E-state index in [9.17, 15) is 9.59 Å². The fourth-order valence-electron chi connectivity index (χ4n) is 2.71. The second kappa shape index (κ2) is 7.55. The lowest BCUT2D eigenvalue weighted by atomic mass is 10.1. The van der Waals surface area contributed by atoms with E-state index in [1.54, 1.807) is 5.38 Å². The number of thiazole rings is 1. The summed E-state index contributed by atoms with van der Waals surface area (Å²) in [6.45, 7) is 2.16. The first-order chi connectivity index (χ1) is 11.7. The first-order valence-corrected chi connectivity index (χ1v) is 8.82. The molecule has 24 heavy (non-hydrogen) atoms. The molecule has 0 saturated heterocycles. The highest BCUT2D eigenvalue weighted by atomic mass is 32.1. The molecule has 3 rings (SSSR count). The number of rotatable bonds is 6. The Kier molecular flexibility index (Phi) is 5.22. The molecule has 1 aliphatic heterocycles. The quantitative estimate of drug-likeness (QED) is 0.780. The number of carbonyl (C=O) groups excluding carboxylic acids is 2. The fraction of sp³-hybridized carbons (Fsp3) is 0.353. The monoisotopic (exact) mass is 344 g/mol. The number of hydrogen-bond acceptors (Lipinski definition) is 5. The van der Waals surface area contributed by atoms with Crippen molar-refractivity contribution in [1.29, 1.82) is 0 Å². The molecule has 2 aromatic rings. The van der Waals surface area contributed by atoms with Crippen LogP contribution in [0.25, 0.3) is 0 Å². The zero-order valence-corrected chi connectivity index (χ0v) is 14.1. The Morgan fingerprint density at radius 1 is 1.25 bits per heavy atom. The number of aromatic nitrogens is 1. The Labute approximate surface area is 144 Å². The van der Waals surface area contributed by atoms with Gasteiger partial charge in [-0.15, -0.1) is 11.3 Å². The Hall–Kier alpha value is -2.25. The minimum absolute atomic E-state index is 0.125. The predicted octanol–water partition coefficient (Wildman–Crippen LogP) is 1.65. The van der Waals surface area contributed by atoms with Gasteiger partial charge in [0.2, 0.25) is 5.91 Å². The molecule has 0 unspecified atom stereocenters. The van der Waals surface area contributed by atoms with Crippen LogP contribution in [0.2, 0.25) is 0 Å².